The zero-order chi connectivity index (χ0) is 22.5. The first-order valence-corrected chi connectivity index (χ1v) is 10.9. The molecule has 0 bridgehead atoms. The molecule has 1 fully saturated rings. The van der Waals surface area contributed by atoms with Crippen LogP contribution < -0.4 is 10.5 Å². The number of hydrogen-bond donors (Lipinski definition) is 2. The fourth-order valence-electron chi connectivity index (χ4n) is 4.16. The Kier molecular flexibility index (Phi) is 6.66. The third-order valence-electron chi connectivity index (χ3n) is 5.74. The van der Waals surface area contributed by atoms with Crippen molar-refractivity contribution in [3.63, 3.8) is 0 Å². The Morgan fingerprint density at radius 2 is 1.91 bits per heavy atom. The van der Waals surface area contributed by atoms with Crippen molar-refractivity contribution in [2.45, 2.75) is 44.7 Å². The molecular weight excluding hydrogens is 404 g/mol. The van der Waals surface area contributed by atoms with Gasteiger partial charge in [-0.1, -0.05) is 42.5 Å². The average Bonchev–Trinajstić information content (AvgIpc) is 3.30. The number of piperidine rings is 1. The number of benzene rings is 2. The number of nitrogens with zero attached hydrogens (tertiary/aromatic N) is 2. The summed E-state index contributed by atoms with van der Waals surface area (Å²) in [4.78, 5) is 34.2. The molecule has 2 atom stereocenters. The van der Waals surface area contributed by atoms with Crippen LogP contribution in [0.25, 0.3) is 11.3 Å². The number of ether oxygens (including phenoxy) is 1. The molecule has 0 saturated carbocycles. The van der Waals surface area contributed by atoms with E-state index in [0.29, 0.717) is 18.7 Å². The van der Waals surface area contributed by atoms with Gasteiger partial charge in [-0.15, -0.1) is 0 Å². The van der Waals surface area contributed by atoms with Crippen LogP contribution >= 0.6 is 0 Å². The second-order valence-electron chi connectivity index (χ2n) is 8.14. The van der Waals surface area contributed by atoms with Crippen LogP contribution in [0.3, 0.4) is 0 Å². The summed E-state index contributed by atoms with van der Waals surface area (Å²) in [6, 6.07) is 16.4. The lowest BCUT2D eigenvalue weighted by Gasteiger charge is -2.36. The van der Waals surface area contributed by atoms with Gasteiger partial charge in [0.15, 0.2) is 0 Å². The van der Waals surface area contributed by atoms with E-state index in [0.717, 1.165) is 41.9 Å². The highest BCUT2D eigenvalue weighted by Crippen LogP contribution is 2.31. The molecular formula is C25H28N4O3. The van der Waals surface area contributed by atoms with Gasteiger partial charge in [0, 0.05) is 13.5 Å². The predicted molar refractivity (Wildman–Crippen MR) is 122 cm³/mol. The van der Waals surface area contributed by atoms with Crippen molar-refractivity contribution in [3.8, 4) is 17.0 Å². The summed E-state index contributed by atoms with van der Waals surface area (Å²) in [6.07, 6.45) is 5.10. The molecule has 7 nitrogen and oxygen atoms in total. The van der Waals surface area contributed by atoms with Crippen LogP contribution in [0, 0.1) is 0 Å². The number of imidazole rings is 1. The lowest BCUT2D eigenvalue weighted by molar-refractivity contribution is -0.136. The average molecular weight is 433 g/mol. The SMILES string of the molecule is CC(=O)Oc1ccc(C[C@H](N)C(=O)N2CCCC[C@H]2c2ncc(-c3ccccc3)[nH]2)cc1. The Hall–Kier alpha value is -3.45. The lowest BCUT2D eigenvalue weighted by atomic mass is 9.98. The van der Waals surface area contributed by atoms with E-state index < -0.39 is 6.04 Å². The van der Waals surface area contributed by atoms with Crippen molar-refractivity contribution in [2.75, 3.05) is 6.54 Å². The number of carbonyl (C=O) groups excluding carboxylic acids is 2. The Bertz CT molecular complexity index is 1060. The van der Waals surface area contributed by atoms with Crippen LogP contribution in [0.15, 0.2) is 60.8 Å². The smallest absolute Gasteiger partial charge is 0.308 e. The molecule has 1 aromatic heterocycles. The molecule has 166 valence electrons. The van der Waals surface area contributed by atoms with E-state index in [4.69, 9.17) is 10.5 Å². The summed E-state index contributed by atoms with van der Waals surface area (Å²) in [7, 11) is 0. The quantitative estimate of drug-likeness (QED) is 0.458. The fourth-order valence-corrected chi connectivity index (χ4v) is 4.16. The monoisotopic (exact) mass is 432 g/mol. The highest BCUT2D eigenvalue weighted by atomic mass is 16.5. The number of H-pyrrole nitrogens is 1. The Morgan fingerprint density at radius 3 is 2.62 bits per heavy atom. The fraction of sp³-hybridized carbons (Fsp3) is 0.320. The van der Waals surface area contributed by atoms with E-state index >= 15 is 0 Å². The van der Waals surface area contributed by atoms with Gasteiger partial charge in [0.2, 0.25) is 5.91 Å². The van der Waals surface area contributed by atoms with Crippen LogP contribution in [0.1, 0.15) is 43.6 Å². The molecule has 0 spiro atoms. The maximum atomic E-state index is 13.3. The third kappa shape index (κ3) is 5.06. The van der Waals surface area contributed by atoms with Gasteiger partial charge in [0.1, 0.15) is 11.6 Å². The van der Waals surface area contributed by atoms with Crippen LogP contribution in [0.2, 0.25) is 0 Å². The largest absolute Gasteiger partial charge is 0.427 e. The minimum absolute atomic E-state index is 0.0728. The predicted octanol–water partition coefficient (Wildman–Crippen LogP) is 3.63. The van der Waals surface area contributed by atoms with Gasteiger partial charge in [-0.2, -0.15) is 0 Å². The van der Waals surface area contributed by atoms with Crippen molar-refractivity contribution in [2.24, 2.45) is 5.73 Å². The summed E-state index contributed by atoms with van der Waals surface area (Å²) >= 11 is 0. The first-order valence-electron chi connectivity index (χ1n) is 10.9. The van der Waals surface area contributed by atoms with Crippen LogP contribution in [0.5, 0.6) is 5.75 Å². The van der Waals surface area contributed by atoms with Gasteiger partial charge in [0.25, 0.3) is 0 Å². The number of carbonyl (C=O) groups is 2. The molecule has 1 aliphatic rings. The zero-order valence-corrected chi connectivity index (χ0v) is 18.2. The van der Waals surface area contributed by atoms with Gasteiger partial charge >= 0.3 is 5.97 Å². The number of likely N-dealkylation sites (tertiary alicyclic amines) is 1. The Balaban J connectivity index is 1.45. The standard InChI is InChI=1S/C25H28N4O3/c1-17(30)32-20-12-10-18(11-13-20)15-21(26)25(31)29-14-6-5-9-23(29)24-27-16-22(28-24)19-7-3-2-4-8-19/h2-4,7-8,10-13,16,21,23H,5-6,9,14-15,26H2,1H3,(H,27,28)/t21-,23-/m0/s1. The molecule has 4 rings (SSSR count). The molecule has 7 heteroatoms. The molecule has 1 amide bonds. The first kappa shape index (κ1) is 21.8. The van der Waals surface area contributed by atoms with Crippen LogP contribution in [-0.2, 0) is 16.0 Å². The highest BCUT2D eigenvalue weighted by Gasteiger charge is 2.32. The Morgan fingerprint density at radius 1 is 1.16 bits per heavy atom. The molecule has 1 aliphatic heterocycles. The van der Waals surface area contributed by atoms with Crippen molar-refractivity contribution >= 4 is 11.9 Å². The summed E-state index contributed by atoms with van der Waals surface area (Å²) in [5.41, 5.74) is 9.25. The van der Waals surface area contributed by atoms with E-state index in [1.807, 2.05) is 53.6 Å². The number of nitrogens with one attached hydrogen (secondary N) is 1. The maximum Gasteiger partial charge on any atom is 0.308 e. The number of hydrogen-bond acceptors (Lipinski definition) is 5. The lowest BCUT2D eigenvalue weighted by Crippen LogP contribution is -2.48. The van der Waals surface area contributed by atoms with E-state index in [2.05, 4.69) is 9.97 Å². The molecule has 0 unspecified atom stereocenters. The van der Waals surface area contributed by atoms with Gasteiger partial charge in [0.05, 0.1) is 24.0 Å². The van der Waals surface area contributed by atoms with Gasteiger partial charge in [-0.05, 0) is 48.9 Å². The normalized spacial score (nSPS) is 17.1. The molecule has 3 aromatic rings. The maximum absolute atomic E-state index is 13.3. The van der Waals surface area contributed by atoms with Gasteiger partial charge in [-0.3, -0.25) is 9.59 Å². The van der Waals surface area contributed by atoms with Gasteiger partial charge in [-0.25, -0.2) is 4.98 Å². The molecule has 32 heavy (non-hydrogen) atoms. The minimum atomic E-state index is -0.654. The minimum Gasteiger partial charge on any atom is -0.427 e. The van der Waals surface area contributed by atoms with Crippen LogP contribution in [0.4, 0.5) is 0 Å². The summed E-state index contributed by atoms with van der Waals surface area (Å²) in [6.45, 7) is 2.03. The van der Waals surface area contributed by atoms with Crippen molar-refractivity contribution < 1.29 is 14.3 Å². The number of aromatic nitrogens is 2. The number of amides is 1. The third-order valence-corrected chi connectivity index (χ3v) is 5.74. The summed E-state index contributed by atoms with van der Waals surface area (Å²) in [5, 5.41) is 0. The van der Waals surface area contributed by atoms with Crippen molar-refractivity contribution in [1.29, 1.82) is 0 Å². The first-order chi connectivity index (χ1) is 15.5. The number of esters is 1. The second-order valence-corrected chi connectivity index (χ2v) is 8.14. The summed E-state index contributed by atoms with van der Waals surface area (Å²) in [5.74, 6) is 0.838. The van der Waals surface area contributed by atoms with E-state index in [-0.39, 0.29) is 17.9 Å². The Labute approximate surface area is 187 Å². The molecule has 2 heterocycles. The van der Waals surface area contributed by atoms with Crippen molar-refractivity contribution in [3.05, 3.63) is 72.2 Å². The second kappa shape index (κ2) is 9.78. The number of rotatable bonds is 6. The molecule has 0 aliphatic carbocycles. The topological polar surface area (TPSA) is 101 Å². The van der Waals surface area contributed by atoms with E-state index in [1.54, 1.807) is 12.1 Å². The molecule has 0 radical (unpaired) electrons. The number of nitrogens with two attached hydrogens (primary N) is 1. The highest BCUT2D eigenvalue weighted by molar-refractivity contribution is 5.82. The zero-order valence-electron chi connectivity index (χ0n) is 18.2. The molecule has 1 saturated heterocycles. The molecule has 2 aromatic carbocycles. The van der Waals surface area contributed by atoms with Crippen LogP contribution in [-0.4, -0.2) is 39.3 Å². The molecule has 3 N–H and O–H groups in total. The van der Waals surface area contributed by atoms with E-state index in [9.17, 15) is 9.59 Å². The van der Waals surface area contributed by atoms with Crippen molar-refractivity contribution in [1.82, 2.24) is 14.9 Å². The van der Waals surface area contributed by atoms with Gasteiger partial charge < -0.3 is 20.4 Å². The number of aromatic amines is 1. The van der Waals surface area contributed by atoms with E-state index in [1.165, 1.54) is 6.92 Å². The summed E-state index contributed by atoms with van der Waals surface area (Å²) < 4.78 is 5.06.